The Morgan fingerprint density at radius 3 is 2.36 bits per heavy atom. The van der Waals surface area contributed by atoms with Crippen LogP contribution in [0.15, 0.2) is 29.3 Å². The lowest BCUT2D eigenvalue weighted by molar-refractivity contribution is -0.138. The van der Waals surface area contributed by atoms with Crippen LogP contribution in [0.1, 0.15) is 25.0 Å². The molecule has 0 aliphatic rings. The Hall–Kier alpha value is -2.73. The number of nitriles is 1. The van der Waals surface area contributed by atoms with Crippen molar-refractivity contribution >= 4 is 17.5 Å². The number of hydrogen-bond acceptors (Lipinski definition) is 6. The van der Waals surface area contributed by atoms with Crippen LogP contribution >= 0.6 is 11.8 Å². The summed E-state index contributed by atoms with van der Waals surface area (Å²) in [7, 11) is 2.85. The van der Waals surface area contributed by atoms with Crippen molar-refractivity contribution in [2.24, 2.45) is 0 Å². The maximum Gasteiger partial charge on any atom is 0.417 e. The molecule has 0 aliphatic heterocycles. The second-order valence-corrected chi connectivity index (χ2v) is 7.11. The van der Waals surface area contributed by atoms with Crippen LogP contribution in [0.2, 0.25) is 0 Å². The summed E-state index contributed by atoms with van der Waals surface area (Å²) in [6.45, 7) is 2.87. The Bertz CT molecular complexity index is 939. The van der Waals surface area contributed by atoms with E-state index < -0.39 is 22.6 Å². The monoisotopic (exact) mass is 410 g/mol. The third kappa shape index (κ3) is 4.57. The van der Waals surface area contributed by atoms with Gasteiger partial charge in [-0.05, 0) is 38.1 Å². The third-order valence-electron chi connectivity index (χ3n) is 3.94. The number of Topliss-reactive ketones (excluding diaryl/α,β-unsaturated/α-hetero) is 1. The summed E-state index contributed by atoms with van der Waals surface area (Å²) in [6.07, 6.45) is -4.76. The fourth-order valence-electron chi connectivity index (χ4n) is 2.33. The van der Waals surface area contributed by atoms with Gasteiger partial charge in [-0.2, -0.15) is 18.4 Å². The van der Waals surface area contributed by atoms with Gasteiger partial charge < -0.3 is 9.47 Å². The molecule has 1 aromatic carbocycles. The number of ether oxygens (including phenoxy) is 2. The Kier molecular flexibility index (Phi) is 6.56. The van der Waals surface area contributed by atoms with Crippen molar-refractivity contribution in [1.29, 1.82) is 5.26 Å². The normalized spacial score (nSPS) is 12.2. The van der Waals surface area contributed by atoms with Crippen molar-refractivity contribution in [3.63, 3.8) is 0 Å². The molecule has 5 nitrogen and oxygen atoms in total. The predicted molar refractivity (Wildman–Crippen MR) is 98.5 cm³/mol. The van der Waals surface area contributed by atoms with E-state index in [-0.39, 0.29) is 16.5 Å². The maximum atomic E-state index is 13.6. The Morgan fingerprint density at radius 1 is 1.21 bits per heavy atom. The number of ketones is 1. The molecule has 0 saturated heterocycles. The van der Waals surface area contributed by atoms with Crippen molar-refractivity contribution < 1.29 is 27.4 Å². The summed E-state index contributed by atoms with van der Waals surface area (Å²) >= 11 is 0.821. The molecule has 0 aliphatic carbocycles. The van der Waals surface area contributed by atoms with Gasteiger partial charge in [-0.15, -0.1) is 0 Å². The molecule has 0 amide bonds. The lowest BCUT2D eigenvalue weighted by atomic mass is 10.0. The van der Waals surface area contributed by atoms with Crippen molar-refractivity contribution in [2.75, 3.05) is 14.2 Å². The summed E-state index contributed by atoms with van der Waals surface area (Å²) in [4.78, 5) is 15.8. The largest absolute Gasteiger partial charge is 0.493 e. The number of carbonyl (C=O) groups is 1. The van der Waals surface area contributed by atoms with Crippen molar-refractivity contribution in [3.8, 4) is 28.8 Å². The number of nitrogens with zero attached hydrogens (tertiary/aromatic N) is 2. The van der Waals surface area contributed by atoms with Gasteiger partial charge in [0.25, 0.3) is 0 Å². The van der Waals surface area contributed by atoms with Crippen LogP contribution in [-0.2, 0) is 11.0 Å². The van der Waals surface area contributed by atoms with E-state index in [1.807, 2.05) is 0 Å². The first kappa shape index (κ1) is 21.6. The predicted octanol–water partition coefficient (Wildman–Crippen LogP) is 4.73. The van der Waals surface area contributed by atoms with Crippen molar-refractivity contribution in [2.45, 2.75) is 30.3 Å². The van der Waals surface area contributed by atoms with Gasteiger partial charge in [0, 0.05) is 5.56 Å². The molecular weight excluding hydrogens is 393 g/mol. The fraction of sp³-hybridized carbons (Fsp3) is 0.316. The van der Waals surface area contributed by atoms with Crippen molar-refractivity contribution in [1.82, 2.24) is 4.98 Å². The highest BCUT2D eigenvalue weighted by molar-refractivity contribution is 8.00. The van der Waals surface area contributed by atoms with Crippen LogP contribution in [-0.4, -0.2) is 30.2 Å². The highest BCUT2D eigenvalue weighted by atomic mass is 32.2. The highest BCUT2D eigenvalue weighted by Gasteiger charge is 2.36. The van der Waals surface area contributed by atoms with Crippen molar-refractivity contribution in [3.05, 3.63) is 35.4 Å². The first-order valence-corrected chi connectivity index (χ1v) is 8.92. The summed E-state index contributed by atoms with van der Waals surface area (Å²) in [5.74, 6) is 0.502. The molecule has 1 heterocycles. The smallest absolute Gasteiger partial charge is 0.417 e. The number of pyridine rings is 1. The van der Waals surface area contributed by atoms with Gasteiger partial charge in [-0.3, -0.25) is 4.79 Å². The van der Waals surface area contributed by atoms with E-state index >= 15 is 0 Å². The van der Waals surface area contributed by atoms with Gasteiger partial charge in [0.05, 0.1) is 36.3 Å². The van der Waals surface area contributed by atoms with Crippen LogP contribution in [0.3, 0.4) is 0 Å². The number of hydrogen-bond donors (Lipinski definition) is 0. The Labute approximate surface area is 164 Å². The molecule has 1 atom stereocenters. The summed E-state index contributed by atoms with van der Waals surface area (Å²) in [5, 5.41) is 8.50. The van der Waals surface area contributed by atoms with Gasteiger partial charge in [0.15, 0.2) is 11.5 Å². The summed E-state index contributed by atoms with van der Waals surface area (Å²) in [6, 6.07) is 6.98. The molecule has 148 valence electrons. The molecular formula is C19H17F3N2O3S. The minimum atomic E-state index is -4.76. The first-order valence-electron chi connectivity index (χ1n) is 8.04. The SMILES string of the molecule is COc1ccc(-c2cc(C(F)(F)F)c(C#N)c(S[C@@H](C)C(C)=O)n2)cc1OC. The molecule has 0 saturated carbocycles. The molecule has 0 N–H and O–H groups in total. The lowest BCUT2D eigenvalue weighted by Gasteiger charge is -2.16. The molecule has 0 bridgehead atoms. The minimum Gasteiger partial charge on any atom is -0.493 e. The topological polar surface area (TPSA) is 72.2 Å². The number of methoxy groups -OCH3 is 2. The number of benzene rings is 1. The molecule has 0 radical (unpaired) electrons. The van der Waals surface area contributed by atoms with E-state index in [2.05, 4.69) is 4.98 Å². The fourth-order valence-corrected chi connectivity index (χ4v) is 3.26. The maximum absolute atomic E-state index is 13.6. The number of alkyl halides is 3. The van der Waals surface area contributed by atoms with Gasteiger partial charge >= 0.3 is 6.18 Å². The third-order valence-corrected chi connectivity index (χ3v) is 5.15. The Balaban J connectivity index is 2.72. The molecule has 28 heavy (non-hydrogen) atoms. The lowest BCUT2D eigenvalue weighted by Crippen LogP contribution is -2.13. The molecule has 2 aromatic rings. The average molecular weight is 410 g/mol. The average Bonchev–Trinajstić information content (AvgIpc) is 2.65. The van der Waals surface area contributed by atoms with E-state index in [0.717, 1.165) is 17.8 Å². The molecule has 0 fully saturated rings. The van der Waals surface area contributed by atoms with Gasteiger partial charge in [-0.25, -0.2) is 4.98 Å². The minimum absolute atomic E-state index is 0.00512. The van der Waals surface area contributed by atoms with E-state index in [0.29, 0.717) is 17.1 Å². The van der Waals surface area contributed by atoms with E-state index in [9.17, 15) is 23.2 Å². The zero-order chi connectivity index (χ0) is 21.1. The molecule has 0 unspecified atom stereocenters. The number of carbonyl (C=O) groups excluding carboxylic acids is 1. The molecule has 0 spiro atoms. The van der Waals surface area contributed by atoms with E-state index in [1.54, 1.807) is 25.1 Å². The van der Waals surface area contributed by atoms with Crippen LogP contribution in [0, 0.1) is 11.3 Å². The van der Waals surface area contributed by atoms with Crippen LogP contribution in [0.4, 0.5) is 13.2 Å². The quantitative estimate of drug-likeness (QED) is 0.642. The number of halogens is 3. The van der Waals surface area contributed by atoms with Crippen LogP contribution in [0.25, 0.3) is 11.3 Å². The number of rotatable bonds is 6. The standard InChI is InChI=1S/C19H17F3N2O3S/c1-10(25)11(2)28-18-13(9-23)14(19(20,21)22)8-15(24-18)12-5-6-16(26-3)17(7-12)27-4/h5-8,11H,1-4H3/t11-/m0/s1. The van der Waals surface area contributed by atoms with Gasteiger partial charge in [0.2, 0.25) is 0 Å². The molecule has 9 heteroatoms. The first-order chi connectivity index (χ1) is 13.1. The zero-order valence-corrected chi connectivity index (χ0v) is 16.4. The van der Waals surface area contributed by atoms with Gasteiger partial charge in [0.1, 0.15) is 16.9 Å². The van der Waals surface area contributed by atoms with E-state index in [1.165, 1.54) is 27.2 Å². The number of aromatic nitrogens is 1. The van der Waals surface area contributed by atoms with E-state index in [4.69, 9.17) is 9.47 Å². The second kappa shape index (κ2) is 8.52. The summed E-state index contributed by atoms with van der Waals surface area (Å²) < 4.78 is 51.0. The summed E-state index contributed by atoms with van der Waals surface area (Å²) in [5.41, 5.74) is -1.35. The number of thioether (sulfide) groups is 1. The molecule has 1 aromatic heterocycles. The van der Waals surface area contributed by atoms with Crippen LogP contribution in [0.5, 0.6) is 11.5 Å². The highest BCUT2D eigenvalue weighted by Crippen LogP contribution is 2.40. The second-order valence-electron chi connectivity index (χ2n) is 5.79. The zero-order valence-electron chi connectivity index (χ0n) is 15.5. The molecule has 2 rings (SSSR count). The van der Waals surface area contributed by atoms with Gasteiger partial charge in [-0.1, -0.05) is 11.8 Å². The van der Waals surface area contributed by atoms with Crippen LogP contribution < -0.4 is 9.47 Å². The Morgan fingerprint density at radius 2 is 1.86 bits per heavy atom.